The summed E-state index contributed by atoms with van der Waals surface area (Å²) in [5, 5.41) is 6.92. The van der Waals surface area contributed by atoms with Gasteiger partial charge in [-0.2, -0.15) is 5.10 Å². The molecule has 0 aliphatic heterocycles. The molecule has 3 rings (SSSR count). The van der Waals surface area contributed by atoms with E-state index in [-0.39, 0.29) is 5.91 Å². The maximum Gasteiger partial charge on any atom is 0.225 e. The van der Waals surface area contributed by atoms with Crippen LogP contribution in [0.1, 0.15) is 13.3 Å². The lowest BCUT2D eigenvalue weighted by molar-refractivity contribution is -0.115. The standard InChI is InChI=1S/C15H14N6O/c1-2-14(22)20-13-9-12(17-10-18-13)11-5-3-6-16-15(11)21-8-4-7-19-21/h3-10H,2H2,1H3,(H,17,18,20,22). The molecule has 3 aromatic heterocycles. The summed E-state index contributed by atoms with van der Waals surface area (Å²) in [5.74, 6) is 1.04. The molecule has 22 heavy (non-hydrogen) atoms. The largest absolute Gasteiger partial charge is 0.311 e. The molecule has 0 unspecified atom stereocenters. The van der Waals surface area contributed by atoms with Gasteiger partial charge in [0.2, 0.25) is 5.91 Å². The molecule has 0 spiro atoms. The van der Waals surface area contributed by atoms with Gasteiger partial charge in [-0.05, 0) is 18.2 Å². The molecule has 7 nitrogen and oxygen atoms in total. The molecule has 0 saturated carbocycles. The second-order valence-electron chi connectivity index (χ2n) is 4.52. The maximum atomic E-state index is 11.5. The second kappa shape index (κ2) is 6.13. The third kappa shape index (κ3) is 2.83. The number of amides is 1. The summed E-state index contributed by atoms with van der Waals surface area (Å²) in [6.07, 6.45) is 7.00. The van der Waals surface area contributed by atoms with Crippen LogP contribution in [0.5, 0.6) is 0 Å². The molecule has 7 heteroatoms. The number of anilines is 1. The molecule has 0 aliphatic carbocycles. The molecule has 0 atom stereocenters. The molecule has 0 saturated heterocycles. The Morgan fingerprint density at radius 1 is 1.23 bits per heavy atom. The highest BCUT2D eigenvalue weighted by Crippen LogP contribution is 2.23. The van der Waals surface area contributed by atoms with Crippen molar-refractivity contribution in [1.82, 2.24) is 24.7 Å². The number of carbonyl (C=O) groups excluding carboxylic acids is 1. The monoisotopic (exact) mass is 294 g/mol. The Hall–Kier alpha value is -3.09. The van der Waals surface area contributed by atoms with Crippen LogP contribution in [-0.4, -0.2) is 30.6 Å². The Kier molecular flexibility index (Phi) is 3.86. The zero-order valence-corrected chi connectivity index (χ0v) is 12.0. The van der Waals surface area contributed by atoms with Gasteiger partial charge in [0.05, 0.1) is 5.69 Å². The van der Waals surface area contributed by atoms with E-state index in [4.69, 9.17) is 0 Å². The smallest absolute Gasteiger partial charge is 0.225 e. The fourth-order valence-electron chi connectivity index (χ4n) is 1.98. The van der Waals surface area contributed by atoms with Crippen LogP contribution in [0.15, 0.2) is 49.2 Å². The summed E-state index contributed by atoms with van der Waals surface area (Å²) in [6.45, 7) is 1.79. The average Bonchev–Trinajstić information content (AvgIpc) is 3.09. The van der Waals surface area contributed by atoms with E-state index >= 15 is 0 Å². The van der Waals surface area contributed by atoms with E-state index in [1.54, 1.807) is 30.1 Å². The van der Waals surface area contributed by atoms with Crippen molar-refractivity contribution in [2.24, 2.45) is 0 Å². The van der Waals surface area contributed by atoms with Gasteiger partial charge >= 0.3 is 0 Å². The van der Waals surface area contributed by atoms with Gasteiger partial charge in [-0.3, -0.25) is 4.79 Å². The fourth-order valence-corrected chi connectivity index (χ4v) is 1.98. The second-order valence-corrected chi connectivity index (χ2v) is 4.52. The highest BCUT2D eigenvalue weighted by atomic mass is 16.1. The van der Waals surface area contributed by atoms with Crippen LogP contribution < -0.4 is 5.32 Å². The number of nitrogens with one attached hydrogen (secondary N) is 1. The van der Waals surface area contributed by atoms with Gasteiger partial charge in [-0.25, -0.2) is 19.6 Å². The van der Waals surface area contributed by atoms with Crippen molar-refractivity contribution < 1.29 is 4.79 Å². The van der Waals surface area contributed by atoms with Gasteiger partial charge in [0, 0.05) is 36.6 Å². The van der Waals surface area contributed by atoms with Gasteiger partial charge in [-0.1, -0.05) is 6.92 Å². The van der Waals surface area contributed by atoms with Crippen LogP contribution >= 0.6 is 0 Å². The van der Waals surface area contributed by atoms with Crippen LogP contribution in [-0.2, 0) is 4.79 Å². The number of carbonyl (C=O) groups is 1. The van der Waals surface area contributed by atoms with E-state index in [0.29, 0.717) is 23.8 Å². The quantitative estimate of drug-likeness (QED) is 0.796. The summed E-state index contributed by atoms with van der Waals surface area (Å²) in [6, 6.07) is 7.27. The fraction of sp³-hybridized carbons (Fsp3) is 0.133. The summed E-state index contributed by atoms with van der Waals surface area (Å²) in [4.78, 5) is 24.2. The topological polar surface area (TPSA) is 85.6 Å². The van der Waals surface area contributed by atoms with Gasteiger partial charge in [0.25, 0.3) is 0 Å². The van der Waals surface area contributed by atoms with E-state index in [0.717, 1.165) is 5.56 Å². The van der Waals surface area contributed by atoms with Crippen molar-refractivity contribution in [3.8, 4) is 17.1 Å². The van der Waals surface area contributed by atoms with Crippen molar-refractivity contribution in [2.45, 2.75) is 13.3 Å². The van der Waals surface area contributed by atoms with Gasteiger partial charge < -0.3 is 5.32 Å². The minimum Gasteiger partial charge on any atom is -0.311 e. The Morgan fingerprint density at radius 2 is 2.14 bits per heavy atom. The number of hydrogen-bond acceptors (Lipinski definition) is 5. The molecule has 3 heterocycles. The third-order valence-electron chi connectivity index (χ3n) is 3.04. The zero-order chi connectivity index (χ0) is 15.4. The molecule has 110 valence electrons. The number of pyridine rings is 1. The lowest BCUT2D eigenvalue weighted by Crippen LogP contribution is -2.11. The SMILES string of the molecule is CCC(=O)Nc1cc(-c2cccnc2-n2cccn2)ncn1. The van der Waals surface area contributed by atoms with E-state index in [1.807, 2.05) is 24.4 Å². The molecular formula is C15H14N6O. The first-order chi connectivity index (χ1) is 10.8. The van der Waals surface area contributed by atoms with Gasteiger partial charge in [-0.15, -0.1) is 0 Å². The Balaban J connectivity index is 2.02. The molecule has 3 aromatic rings. The van der Waals surface area contributed by atoms with E-state index in [1.165, 1.54) is 6.33 Å². The zero-order valence-electron chi connectivity index (χ0n) is 12.0. The van der Waals surface area contributed by atoms with Crippen molar-refractivity contribution in [1.29, 1.82) is 0 Å². The summed E-state index contributed by atoms with van der Waals surface area (Å²) >= 11 is 0. The average molecular weight is 294 g/mol. The third-order valence-corrected chi connectivity index (χ3v) is 3.04. The van der Waals surface area contributed by atoms with Crippen molar-refractivity contribution in [3.05, 3.63) is 49.2 Å². The van der Waals surface area contributed by atoms with Crippen molar-refractivity contribution in [3.63, 3.8) is 0 Å². The number of hydrogen-bond donors (Lipinski definition) is 1. The first-order valence-electron chi connectivity index (χ1n) is 6.85. The Morgan fingerprint density at radius 3 is 2.91 bits per heavy atom. The van der Waals surface area contributed by atoms with Crippen LogP contribution in [0.4, 0.5) is 5.82 Å². The van der Waals surface area contributed by atoms with Gasteiger partial charge in [0.15, 0.2) is 5.82 Å². The van der Waals surface area contributed by atoms with Crippen LogP contribution in [0.25, 0.3) is 17.1 Å². The molecule has 1 N–H and O–H groups in total. The van der Waals surface area contributed by atoms with Gasteiger partial charge in [0.1, 0.15) is 12.1 Å². The molecule has 0 fully saturated rings. The molecule has 0 aromatic carbocycles. The first kappa shape index (κ1) is 13.9. The highest BCUT2D eigenvalue weighted by molar-refractivity contribution is 5.90. The Bertz CT molecular complexity index is 784. The molecule has 0 aliphatic rings. The molecule has 1 amide bonds. The lowest BCUT2D eigenvalue weighted by Gasteiger charge is -2.09. The van der Waals surface area contributed by atoms with E-state index < -0.39 is 0 Å². The van der Waals surface area contributed by atoms with E-state index in [2.05, 4.69) is 25.4 Å². The number of rotatable bonds is 4. The molecule has 0 radical (unpaired) electrons. The van der Waals surface area contributed by atoms with Crippen LogP contribution in [0.3, 0.4) is 0 Å². The van der Waals surface area contributed by atoms with Crippen molar-refractivity contribution >= 4 is 11.7 Å². The van der Waals surface area contributed by atoms with Crippen LogP contribution in [0, 0.1) is 0 Å². The Labute approximate surface area is 127 Å². The first-order valence-corrected chi connectivity index (χ1v) is 6.85. The predicted molar refractivity (Wildman–Crippen MR) is 81.3 cm³/mol. The minimum atomic E-state index is -0.0943. The minimum absolute atomic E-state index is 0.0943. The number of nitrogens with zero attached hydrogens (tertiary/aromatic N) is 5. The van der Waals surface area contributed by atoms with Crippen molar-refractivity contribution in [2.75, 3.05) is 5.32 Å². The highest BCUT2D eigenvalue weighted by Gasteiger charge is 2.11. The van der Waals surface area contributed by atoms with E-state index in [9.17, 15) is 4.79 Å². The maximum absolute atomic E-state index is 11.5. The van der Waals surface area contributed by atoms with Crippen LogP contribution in [0.2, 0.25) is 0 Å². The molecular weight excluding hydrogens is 280 g/mol. The normalized spacial score (nSPS) is 10.4. The predicted octanol–water partition coefficient (Wildman–Crippen LogP) is 2.07. The molecule has 0 bridgehead atoms. The lowest BCUT2D eigenvalue weighted by atomic mass is 10.2. The summed E-state index contributed by atoms with van der Waals surface area (Å²) in [5.41, 5.74) is 1.47. The summed E-state index contributed by atoms with van der Waals surface area (Å²) in [7, 11) is 0. The number of aromatic nitrogens is 5. The summed E-state index contributed by atoms with van der Waals surface area (Å²) < 4.78 is 1.67.